The fraction of sp³-hybridized carbons (Fsp3) is 0.111. The summed E-state index contributed by atoms with van der Waals surface area (Å²) in [6.07, 6.45) is -1.23. The van der Waals surface area contributed by atoms with E-state index >= 15 is 0 Å². The number of rotatable bonds is 4. The van der Waals surface area contributed by atoms with Crippen LogP contribution in [-0.2, 0) is 4.79 Å². The van der Waals surface area contributed by atoms with Crippen molar-refractivity contribution in [2.24, 2.45) is 0 Å². The number of benzene rings is 2. The zero-order valence-corrected chi connectivity index (χ0v) is 14.5. The average Bonchev–Trinajstić information content (AvgIpc) is 2.59. The molecule has 1 N–H and O–H groups in total. The van der Waals surface area contributed by atoms with E-state index in [1.54, 1.807) is 36.4 Å². The molecule has 128 valence electrons. The molecule has 1 unspecified atom stereocenters. The Kier molecular flexibility index (Phi) is 4.70. The van der Waals surface area contributed by atoms with Gasteiger partial charge in [-0.2, -0.15) is 0 Å². The van der Waals surface area contributed by atoms with E-state index in [9.17, 15) is 9.59 Å². The lowest BCUT2D eigenvalue weighted by Crippen LogP contribution is -2.26. The van der Waals surface area contributed by atoms with Gasteiger partial charge in [0.1, 0.15) is 5.58 Å². The van der Waals surface area contributed by atoms with Crippen LogP contribution in [0, 0.1) is 0 Å². The molecule has 25 heavy (non-hydrogen) atoms. The summed E-state index contributed by atoms with van der Waals surface area (Å²) in [5.41, 5.74) is 0.338. The smallest absolute Gasteiger partial charge is 0.344 e. The van der Waals surface area contributed by atoms with Gasteiger partial charge in [-0.15, -0.1) is 0 Å². The lowest BCUT2D eigenvalue weighted by Gasteiger charge is -2.14. The Hall–Kier alpha value is -2.50. The number of hydrogen-bond acceptors (Lipinski definition) is 4. The molecule has 0 bridgehead atoms. The monoisotopic (exact) mass is 378 g/mol. The number of halogens is 2. The van der Waals surface area contributed by atoms with Crippen LogP contribution in [0.5, 0.6) is 5.75 Å². The topological polar surface area (TPSA) is 76.7 Å². The van der Waals surface area contributed by atoms with E-state index in [-0.39, 0.29) is 16.5 Å². The summed E-state index contributed by atoms with van der Waals surface area (Å²) in [6, 6.07) is 11.3. The third kappa shape index (κ3) is 3.34. The maximum atomic E-state index is 12.8. The van der Waals surface area contributed by atoms with Gasteiger partial charge in [0.2, 0.25) is 11.2 Å². The molecular weight excluding hydrogens is 367 g/mol. The number of para-hydroxylation sites is 1. The Bertz CT molecular complexity index is 1030. The van der Waals surface area contributed by atoms with Crippen LogP contribution in [0.2, 0.25) is 10.0 Å². The fourth-order valence-electron chi connectivity index (χ4n) is 2.29. The minimum absolute atomic E-state index is 0.0929. The van der Waals surface area contributed by atoms with E-state index in [0.717, 1.165) is 0 Å². The van der Waals surface area contributed by atoms with E-state index in [1.807, 2.05) is 0 Å². The molecule has 0 spiro atoms. The van der Waals surface area contributed by atoms with Crippen LogP contribution in [0.15, 0.2) is 51.7 Å². The molecule has 0 amide bonds. The van der Waals surface area contributed by atoms with Gasteiger partial charge in [-0.3, -0.25) is 4.79 Å². The molecule has 0 aliphatic carbocycles. The van der Waals surface area contributed by atoms with Crippen LogP contribution in [0.4, 0.5) is 0 Å². The maximum absolute atomic E-state index is 12.8. The maximum Gasteiger partial charge on any atom is 0.344 e. The van der Waals surface area contributed by atoms with Crippen molar-refractivity contribution in [3.63, 3.8) is 0 Å². The summed E-state index contributed by atoms with van der Waals surface area (Å²) >= 11 is 12.0. The van der Waals surface area contributed by atoms with Gasteiger partial charge < -0.3 is 14.3 Å². The lowest BCUT2D eigenvalue weighted by molar-refractivity contribution is -0.144. The zero-order chi connectivity index (χ0) is 18.1. The number of fused-ring (bicyclic) bond motifs is 1. The van der Waals surface area contributed by atoms with Crippen molar-refractivity contribution < 1.29 is 19.1 Å². The second-order valence-corrected chi connectivity index (χ2v) is 6.13. The summed E-state index contributed by atoms with van der Waals surface area (Å²) in [5, 5.41) is 10.00. The second-order valence-electron chi connectivity index (χ2n) is 5.31. The molecule has 2 aromatic carbocycles. The first-order valence-corrected chi connectivity index (χ1v) is 8.05. The standard InChI is InChI=1S/C18H12Cl2O5/c1-9(18(22)23)24-17-15(21)11-4-2-3-5-14(11)25-16(17)10-6-7-12(19)13(20)8-10/h2-9H,1H3,(H,22,23). The number of hydrogen-bond donors (Lipinski definition) is 1. The third-order valence-corrected chi connectivity index (χ3v) is 4.32. The molecule has 1 aromatic heterocycles. The molecule has 3 aromatic rings. The first-order valence-electron chi connectivity index (χ1n) is 7.29. The van der Waals surface area contributed by atoms with E-state index in [1.165, 1.54) is 13.0 Å². The highest BCUT2D eigenvalue weighted by molar-refractivity contribution is 6.42. The quantitative estimate of drug-likeness (QED) is 0.716. The molecule has 0 radical (unpaired) electrons. The molecule has 0 aliphatic rings. The van der Waals surface area contributed by atoms with Crippen LogP contribution in [-0.4, -0.2) is 17.2 Å². The average molecular weight is 379 g/mol. The highest BCUT2D eigenvalue weighted by Gasteiger charge is 2.22. The normalized spacial score (nSPS) is 12.1. The minimum Gasteiger partial charge on any atom is -0.479 e. The Morgan fingerprint density at radius 3 is 2.56 bits per heavy atom. The summed E-state index contributed by atoms with van der Waals surface area (Å²) in [6.45, 7) is 1.33. The van der Waals surface area contributed by atoms with Gasteiger partial charge in [-0.05, 0) is 37.3 Å². The lowest BCUT2D eigenvalue weighted by atomic mass is 10.1. The zero-order valence-electron chi connectivity index (χ0n) is 13.0. The second kappa shape index (κ2) is 6.78. The molecule has 0 saturated carbocycles. The predicted molar refractivity (Wildman–Crippen MR) is 95.7 cm³/mol. The molecule has 5 nitrogen and oxygen atoms in total. The first-order chi connectivity index (χ1) is 11.9. The molecule has 3 rings (SSSR count). The van der Waals surface area contributed by atoms with Crippen molar-refractivity contribution in [1.82, 2.24) is 0 Å². The summed E-state index contributed by atoms with van der Waals surface area (Å²) in [7, 11) is 0. The Morgan fingerprint density at radius 1 is 1.16 bits per heavy atom. The van der Waals surface area contributed by atoms with Crippen molar-refractivity contribution in [3.8, 4) is 17.1 Å². The van der Waals surface area contributed by atoms with Gasteiger partial charge in [-0.25, -0.2) is 4.79 Å². The highest BCUT2D eigenvalue weighted by atomic mass is 35.5. The van der Waals surface area contributed by atoms with Crippen molar-refractivity contribution in [1.29, 1.82) is 0 Å². The number of ether oxygens (including phenoxy) is 1. The highest BCUT2D eigenvalue weighted by Crippen LogP contribution is 2.34. The largest absolute Gasteiger partial charge is 0.479 e. The van der Waals surface area contributed by atoms with E-state index in [2.05, 4.69) is 0 Å². The molecule has 7 heteroatoms. The Balaban J connectivity index is 2.29. The molecular formula is C18H12Cl2O5. The molecule has 0 fully saturated rings. The fourth-order valence-corrected chi connectivity index (χ4v) is 2.58. The molecule has 1 atom stereocenters. The van der Waals surface area contributed by atoms with Gasteiger partial charge in [0, 0.05) is 5.56 Å². The van der Waals surface area contributed by atoms with Gasteiger partial charge in [0.05, 0.1) is 15.4 Å². The first kappa shape index (κ1) is 17.3. The molecule has 0 aliphatic heterocycles. The third-order valence-electron chi connectivity index (χ3n) is 3.58. The van der Waals surface area contributed by atoms with Crippen LogP contribution in [0.3, 0.4) is 0 Å². The van der Waals surface area contributed by atoms with Crippen LogP contribution in [0.1, 0.15) is 6.92 Å². The number of carbonyl (C=O) groups is 1. The van der Waals surface area contributed by atoms with Crippen molar-refractivity contribution in [2.75, 3.05) is 0 Å². The van der Waals surface area contributed by atoms with Gasteiger partial charge in [-0.1, -0.05) is 35.3 Å². The van der Waals surface area contributed by atoms with E-state index in [0.29, 0.717) is 21.6 Å². The van der Waals surface area contributed by atoms with Crippen LogP contribution >= 0.6 is 23.2 Å². The van der Waals surface area contributed by atoms with Crippen LogP contribution < -0.4 is 10.2 Å². The SMILES string of the molecule is CC(Oc1c(-c2ccc(Cl)c(Cl)c2)oc2ccccc2c1=O)C(=O)O. The van der Waals surface area contributed by atoms with E-state index < -0.39 is 17.5 Å². The number of carboxylic acids is 1. The summed E-state index contributed by atoms with van der Waals surface area (Å²) in [4.78, 5) is 23.9. The van der Waals surface area contributed by atoms with Crippen LogP contribution in [0.25, 0.3) is 22.3 Å². The Morgan fingerprint density at radius 2 is 1.88 bits per heavy atom. The summed E-state index contributed by atoms with van der Waals surface area (Å²) in [5.74, 6) is -1.30. The van der Waals surface area contributed by atoms with Gasteiger partial charge in [0.25, 0.3) is 0 Å². The number of aliphatic carboxylic acids is 1. The van der Waals surface area contributed by atoms with E-state index in [4.69, 9.17) is 37.5 Å². The van der Waals surface area contributed by atoms with Crippen molar-refractivity contribution >= 4 is 40.1 Å². The molecule has 0 saturated heterocycles. The molecule has 1 heterocycles. The van der Waals surface area contributed by atoms with Gasteiger partial charge in [0.15, 0.2) is 11.9 Å². The van der Waals surface area contributed by atoms with Gasteiger partial charge >= 0.3 is 5.97 Å². The predicted octanol–water partition coefficient (Wildman–Crippen LogP) is 4.62. The van der Waals surface area contributed by atoms with Crippen molar-refractivity contribution in [3.05, 3.63) is 62.7 Å². The summed E-state index contributed by atoms with van der Waals surface area (Å²) < 4.78 is 11.2. The minimum atomic E-state index is -1.23. The number of carboxylic acid groups (broad SMARTS) is 1. The Labute approximate surface area is 152 Å². The van der Waals surface area contributed by atoms with Crippen molar-refractivity contribution in [2.45, 2.75) is 13.0 Å².